The van der Waals surface area contributed by atoms with Crippen LogP contribution < -0.4 is 5.32 Å². The van der Waals surface area contributed by atoms with Gasteiger partial charge in [-0.05, 0) is 12.1 Å². The van der Waals surface area contributed by atoms with E-state index in [1.807, 2.05) is 0 Å². The molecule has 1 amide bonds. The standard InChI is InChI=1S/C12H14N2O5/c1-2-10(15)19-7-9(12(17)18)14-11(16)8-5-3-4-6-13-8/h3-6,9H,2,7H2,1H3,(H,14,16)(H,17,18)/t9-/m0/s1. The van der Waals surface area contributed by atoms with Crippen molar-refractivity contribution < 1.29 is 24.2 Å². The molecule has 0 fully saturated rings. The van der Waals surface area contributed by atoms with E-state index >= 15 is 0 Å². The molecule has 1 rings (SSSR count). The monoisotopic (exact) mass is 266 g/mol. The highest BCUT2D eigenvalue weighted by Crippen LogP contribution is 1.96. The normalized spacial score (nSPS) is 11.4. The molecule has 0 radical (unpaired) electrons. The predicted molar refractivity (Wildman–Crippen MR) is 64.4 cm³/mol. The van der Waals surface area contributed by atoms with Gasteiger partial charge in [0.2, 0.25) is 0 Å². The van der Waals surface area contributed by atoms with Gasteiger partial charge in [-0.1, -0.05) is 13.0 Å². The van der Waals surface area contributed by atoms with Crippen LogP contribution in [0, 0.1) is 0 Å². The second-order valence-corrected chi connectivity index (χ2v) is 3.62. The Morgan fingerprint density at radius 2 is 2.16 bits per heavy atom. The lowest BCUT2D eigenvalue weighted by Crippen LogP contribution is -2.44. The minimum Gasteiger partial charge on any atom is -0.480 e. The van der Waals surface area contributed by atoms with Crippen LogP contribution in [0.1, 0.15) is 23.8 Å². The Labute approximate surface area is 109 Å². The number of hydrogen-bond acceptors (Lipinski definition) is 5. The van der Waals surface area contributed by atoms with Gasteiger partial charge in [-0.25, -0.2) is 4.79 Å². The van der Waals surface area contributed by atoms with Crippen LogP contribution in [-0.4, -0.2) is 40.6 Å². The van der Waals surface area contributed by atoms with E-state index in [1.165, 1.54) is 12.3 Å². The molecule has 0 unspecified atom stereocenters. The van der Waals surface area contributed by atoms with Crippen molar-refractivity contribution in [3.8, 4) is 0 Å². The number of esters is 1. The molecule has 7 nitrogen and oxygen atoms in total. The van der Waals surface area contributed by atoms with Crippen molar-refractivity contribution in [3.63, 3.8) is 0 Å². The zero-order valence-electron chi connectivity index (χ0n) is 10.3. The Hall–Kier alpha value is -2.44. The van der Waals surface area contributed by atoms with E-state index in [0.29, 0.717) is 0 Å². The van der Waals surface area contributed by atoms with Gasteiger partial charge in [-0.15, -0.1) is 0 Å². The second kappa shape index (κ2) is 7.10. The summed E-state index contributed by atoms with van der Waals surface area (Å²) in [5.74, 6) is -2.45. The Morgan fingerprint density at radius 3 is 2.68 bits per heavy atom. The number of nitrogens with one attached hydrogen (secondary N) is 1. The van der Waals surface area contributed by atoms with E-state index in [4.69, 9.17) is 9.84 Å². The Kier molecular flexibility index (Phi) is 5.46. The van der Waals surface area contributed by atoms with E-state index in [-0.39, 0.29) is 12.1 Å². The van der Waals surface area contributed by atoms with Gasteiger partial charge in [0.1, 0.15) is 12.3 Å². The van der Waals surface area contributed by atoms with Crippen molar-refractivity contribution in [1.82, 2.24) is 10.3 Å². The quantitative estimate of drug-likeness (QED) is 0.713. The van der Waals surface area contributed by atoms with E-state index in [2.05, 4.69) is 10.3 Å². The summed E-state index contributed by atoms with van der Waals surface area (Å²) in [5.41, 5.74) is 0.0931. The molecule has 0 aromatic carbocycles. The van der Waals surface area contributed by atoms with Gasteiger partial charge in [0.15, 0.2) is 6.04 Å². The molecule has 2 N–H and O–H groups in total. The molecule has 7 heteroatoms. The molecular weight excluding hydrogens is 252 g/mol. The third-order valence-corrected chi connectivity index (χ3v) is 2.20. The Balaban J connectivity index is 2.61. The first-order valence-corrected chi connectivity index (χ1v) is 5.65. The maximum absolute atomic E-state index is 11.7. The van der Waals surface area contributed by atoms with Crippen molar-refractivity contribution in [2.24, 2.45) is 0 Å². The van der Waals surface area contributed by atoms with E-state index in [0.717, 1.165) is 0 Å². The number of hydrogen-bond donors (Lipinski definition) is 2. The fraction of sp³-hybridized carbons (Fsp3) is 0.333. The number of carbonyl (C=O) groups excluding carboxylic acids is 2. The Morgan fingerprint density at radius 1 is 1.42 bits per heavy atom. The van der Waals surface area contributed by atoms with Crippen LogP contribution in [0.4, 0.5) is 0 Å². The molecule has 0 saturated heterocycles. The lowest BCUT2D eigenvalue weighted by molar-refractivity contribution is -0.148. The van der Waals surface area contributed by atoms with Crippen LogP contribution in [0.25, 0.3) is 0 Å². The highest BCUT2D eigenvalue weighted by atomic mass is 16.5. The summed E-state index contributed by atoms with van der Waals surface area (Å²) in [5, 5.41) is 11.2. The van der Waals surface area contributed by atoms with Gasteiger partial charge in [-0.3, -0.25) is 14.6 Å². The summed E-state index contributed by atoms with van der Waals surface area (Å²) < 4.78 is 4.70. The molecule has 1 atom stereocenters. The molecule has 0 aliphatic rings. The number of aromatic nitrogens is 1. The van der Waals surface area contributed by atoms with Gasteiger partial charge >= 0.3 is 11.9 Å². The average molecular weight is 266 g/mol. The minimum atomic E-state index is -1.30. The van der Waals surface area contributed by atoms with Crippen LogP contribution in [0.3, 0.4) is 0 Å². The minimum absolute atomic E-state index is 0.0931. The van der Waals surface area contributed by atoms with Gasteiger partial charge in [0.25, 0.3) is 5.91 Å². The van der Waals surface area contributed by atoms with Crippen molar-refractivity contribution in [2.75, 3.05) is 6.61 Å². The highest BCUT2D eigenvalue weighted by Gasteiger charge is 2.22. The van der Waals surface area contributed by atoms with Crippen molar-refractivity contribution in [2.45, 2.75) is 19.4 Å². The average Bonchev–Trinajstić information content (AvgIpc) is 2.43. The number of pyridine rings is 1. The van der Waals surface area contributed by atoms with E-state index < -0.39 is 30.5 Å². The van der Waals surface area contributed by atoms with Gasteiger partial charge in [0.05, 0.1) is 0 Å². The lowest BCUT2D eigenvalue weighted by Gasteiger charge is -2.14. The number of carbonyl (C=O) groups is 3. The molecule has 1 aromatic rings. The fourth-order valence-corrected chi connectivity index (χ4v) is 1.18. The largest absolute Gasteiger partial charge is 0.480 e. The van der Waals surface area contributed by atoms with Crippen LogP contribution in [0.15, 0.2) is 24.4 Å². The highest BCUT2D eigenvalue weighted by molar-refractivity contribution is 5.94. The number of carboxylic acid groups (broad SMARTS) is 1. The van der Waals surface area contributed by atoms with Crippen LogP contribution in [0.5, 0.6) is 0 Å². The molecule has 0 spiro atoms. The van der Waals surface area contributed by atoms with Crippen LogP contribution in [0.2, 0.25) is 0 Å². The first kappa shape index (κ1) is 14.6. The van der Waals surface area contributed by atoms with Gasteiger partial charge < -0.3 is 15.2 Å². The smallest absolute Gasteiger partial charge is 0.329 e. The van der Waals surface area contributed by atoms with Crippen LogP contribution in [-0.2, 0) is 14.3 Å². The van der Waals surface area contributed by atoms with Crippen molar-refractivity contribution in [3.05, 3.63) is 30.1 Å². The zero-order valence-corrected chi connectivity index (χ0v) is 10.3. The summed E-state index contributed by atoms with van der Waals surface area (Å²) in [6.45, 7) is 1.17. The third-order valence-electron chi connectivity index (χ3n) is 2.20. The number of carboxylic acids is 1. The first-order chi connectivity index (χ1) is 9.04. The maximum Gasteiger partial charge on any atom is 0.329 e. The molecule has 0 saturated carbocycles. The van der Waals surface area contributed by atoms with Crippen molar-refractivity contribution >= 4 is 17.8 Å². The second-order valence-electron chi connectivity index (χ2n) is 3.62. The lowest BCUT2D eigenvalue weighted by atomic mass is 10.2. The SMILES string of the molecule is CCC(=O)OC[C@H](NC(=O)c1ccccn1)C(=O)O. The topological polar surface area (TPSA) is 106 Å². The predicted octanol–water partition coefficient (Wildman–Crippen LogP) is 0.218. The molecule has 1 aromatic heterocycles. The number of aliphatic carboxylic acids is 1. The van der Waals surface area contributed by atoms with E-state index in [1.54, 1.807) is 19.1 Å². The maximum atomic E-state index is 11.7. The third kappa shape index (κ3) is 4.74. The number of rotatable bonds is 6. The number of amides is 1. The molecule has 1 heterocycles. The summed E-state index contributed by atoms with van der Waals surface area (Å²) in [6, 6.07) is 3.39. The molecule has 102 valence electrons. The van der Waals surface area contributed by atoms with Gasteiger partial charge in [-0.2, -0.15) is 0 Å². The summed E-state index contributed by atoms with van der Waals surface area (Å²) >= 11 is 0. The zero-order chi connectivity index (χ0) is 14.3. The summed E-state index contributed by atoms with van der Waals surface area (Å²) in [4.78, 5) is 37.4. The molecule has 0 aliphatic carbocycles. The molecular formula is C12H14N2O5. The van der Waals surface area contributed by atoms with E-state index in [9.17, 15) is 14.4 Å². The summed E-state index contributed by atoms with van der Waals surface area (Å²) in [6.07, 6.45) is 1.56. The summed E-state index contributed by atoms with van der Waals surface area (Å²) in [7, 11) is 0. The molecule has 0 aliphatic heterocycles. The molecule has 0 bridgehead atoms. The molecule has 19 heavy (non-hydrogen) atoms. The van der Waals surface area contributed by atoms with Crippen molar-refractivity contribution in [1.29, 1.82) is 0 Å². The first-order valence-electron chi connectivity index (χ1n) is 5.65. The fourth-order valence-electron chi connectivity index (χ4n) is 1.18. The van der Waals surface area contributed by atoms with Crippen LogP contribution >= 0.6 is 0 Å². The number of ether oxygens (including phenoxy) is 1. The van der Waals surface area contributed by atoms with Gasteiger partial charge in [0, 0.05) is 12.6 Å². The number of nitrogens with zero attached hydrogens (tertiary/aromatic N) is 1. The Bertz CT molecular complexity index is 460.